The van der Waals surface area contributed by atoms with Crippen molar-refractivity contribution < 1.29 is 13.2 Å². The lowest BCUT2D eigenvalue weighted by atomic mass is 10.2. The van der Waals surface area contributed by atoms with Gasteiger partial charge in [0.05, 0.1) is 15.6 Å². The van der Waals surface area contributed by atoms with Gasteiger partial charge in [-0.15, -0.1) is 0 Å². The standard InChI is InChI=1S/C22H28ClN3O3S/c1-4-15-26(17-16-25(2)3)22(27)14-11-18-9-12-19(13-10-18)30(28,29)24-21-8-6-5-7-20(21)23/h5-14,24H,4,15-17H2,1-3H3/b14-11+. The van der Waals surface area contributed by atoms with Gasteiger partial charge in [0, 0.05) is 25.7 Å². The highest BCUT2D eigenvalue weighted by molar-refractivity contribution is 7.92. The lowest BCUT2D eigenvalue weighted by molar-refractivity contribution is -0.126. The first-order valence-corrected chi connectivity index (χ1v) is 11.6. The van der Waals surface area contributed by atoms with Gasteiger partial charge in [-0.25, -0.2) is 8.42 Å². The third kappa shape index (κ3) is 7.16. The van der Waals surface area contributed by atoms with Gasteiger partial charge in [0.15, 0.2) is 0 Å². The molecule has 0 bridgehead atoms. The first-order chi connectivity index (χ1) is 14.2. The Balaban J connectivity index is 2.07. The highest BCUT2D eigenvalue weighted by atomic mass is 35.5. The summed E-state index contributed by atoms with van der Waals surface area (Å²) in [5.41, 5.74) is 1.06. The summed E-state index contributed by atoms with van der Waals surface area (Å²) < 4.78 is 27.6. The molecule has 0 aromatic heterocycles. The Hall–Kier alpha value is -2.35. The zero-order valence-corrected chi connectivity index (χ0v) is 19.1. The molecule has 0 aliphatic heterocycles. The number of hydrogen-bond donors (Lipinski definition) is 1. The van der Waals surface area contributed by atoms with Crippen molar-refractivity contribution in [3.8, 4) is 0 Å². The van der Waals surface area contributed by atoms with Gasteiger partial charge in [0.2, 0.25) is 5.91 Å². The smallest absolute Gasteiger partial charge is 0.261 e. The molecule has 0 aliphatic carbocycles. The minimum absolute atomic E-state index is 0.0595. The Morgan fingerprint density at radius 1 is 1.03 bits per heavy atom. The first-order valence-electron chi connectivity index (χ1n) is 9.72. The molecule has 2 aromatic carbocycles. The third-order valence-electron chi connectivity index (χ3n) is 4.35. The predicted molar refractivity (Wildman–Crippen MR) is 123 cm³/mol. The third-order valence-corrected chi connectivity index (χ3v) is 6.06. The van der Waals surface area contributed by atoms with E-state index in [0.717, 1.165) is 18.5 Å². The number of nitrogens with zero attached hydrogens (tertiary/aromatic N) is 2. The van der Waals surface area contributed by atoms with E-state index in [1.807, 2.05) is 30.8 Å². The Labute approximate surface area is 184 Å². The summed E-state index contributed by atoms with van der Waals surface area (Å²) in [5, 5.41) is 0.324. The van der Waals surface area contributed by atoms with Crippen LogP contribution in [0.5, 0.6) is 0 Å². The van der Waals surface area contributed by atoms with Crippen molar-refractivity contribution in [2.45, 2.75) is 18.2 Å². The number of anilines is 1. The number of halogens is 1. The Morgan fingerprint density at radius 2 is 1.70 bits per heavy atom. The summed E-state index contributed by atoms with van der Waals surface area (Å²) in [6.07, 6.45) is 4.10. The van der Waals surface area contributed by atoms with E-state index in [1.54, 1.807) is 42.5 Å². The molecular formula is C22H28ClN3O3S. The van der Waals surface area contributed by atoms with Crippen molar-refractivity contribution in [3.63, 3.8) is 0 Å². The quantitative estimate of drug-likeness (QED) is 0.557. The molecule has 1 N–H and O–H groups in total. The Morgan fingerprint density at radius 3 is 2.30 bits per heavy atom. The Kier molecular flexibility index (Phi) is 8.89. The minimum Gasteiger partial charge on any atom is -0.338 e. The van der Waals surface area contributed by atoms with Crippen molar-refractivity contribution >= 4 is 39.3 Å². The molecule has 0 radical (unpaired) electrons. The predicted octanol–water partition coefficient (Wildman–Crippen LogP) is 3.95. The molecule has 0 atom stereocenters. The molecule has 0 saturated carbocycles. The van der Waals surface area contributed by atoms with Gasteiger partial charge in [-0.1, -0.05) is 42.8 Å². The average Bonchev–Trinajstić information content (AvgIpc) is 2.71. The Bertz CT molecular complexity index is 973. The van der Waals surface area contributed by atoms with E-state index in [4.69, 9.17) is 11.6 Å². The number of para-hydroxylation sites is 1. The van der Waals surface area contributed by atoms with Crippen LogP contribution in [0, 0.1) is 0 Å². The summed E-state index contributed by atoms with van der Waals surface area (Å²) in [6, 6.07) is 13.0. The lowest BCUT2D eigenvalue weighted by Crippen LogP contribution is -2.36. The molecule has 6 nitrogen and oxygen atoms in total. The van der Waals surface area contributed by atoms with Gasteiger partial charge < -0.3 is 9.80 Å². The van der Waals surface area contributed by atoms with Crippen LogP contribution in [0.2, 0.25) is 5.02 Å². The summed E-state index contributed by atoms with van der Waals surface area (Å²) in [4.78, 5) is 16.4. The van der Waals surface area contributed by atoms with Crippen LogP contribution in [0.25, 0.3) is 6.08 Å². The highest BCUT2D eigenvalue weighted by Crippen LogP contribution is 2.24. The molecule has 0 heterocycles. The summed E-state index contributed by atoms with van der Waals surface area (Å²) >= 11 is 6.03. The van der Waals surface area contributed by atoms with Gasteiger partial charge in [-0.3, -0.25) is 9.52 Å². The molecule has 0 fully saturated rings. The van der Waals surface area contributed by atoms with Crippen LogP contribution in [0.15, 0.2) is 59.5 Å². The van der Waals surface area contributed by atoms with Crippen LogP contribution >= 0.6 is 11.6 Å². The average molecular weight is 450 g/mol. The van der Waals surface area contributed by atoms with Crippen LogP contribution < -0.4 is 4.72 Å². The molecule has 2 aromatic rings. The van der Waals surface area contributed by atoms with Gasteiger partial charge in [-0.2, -0.15) is 0 Å². The molecule has 0 saturated heterocycles. The van der Waals surface area contributed by atoms with E-state index >= 15 is 0 Å². The number of hydrogen-bond acceptors (Lipinski definition) is 4. The SMILES string of the molecule is CCCN(CCN(C)C)C(=O)/C=C/c1ccc(S(=O)(=O)Nc2ccccc2Cl)cc1. The first kappa shape index (κ1) is 23.9. The van der Waals surface area contributed by atoms with Crippen LogP contribution in [-0.2, 0) is 14.8 Å². The van der Waals surface area contributed by atoms with Crippen molar-refractivity contribution in [1.82, 2.24) is 9.80 Å². The zero-order valence-electron chi connectivity index (χ0n) is 17.5. The number of rotatable bonds is 10. The number of amides is 1. The second-order valence-electron chi connectivity index (χ2n) is 7.12. The number of benzene rings is 2. The molecule has 30 heavy (non-hydrogen) atoms. The van der Waals surface area contributed by atoms with Crippen molar-refractivity contribution in [2.75, 3.05) is 38.5 Å². The molecule has 0 unspecified atom stereocenters. The topological polar surface area (TPSA) is 69.7 Å². The van der Waals surface area contributed by atoms with Crippen molar-refractivity contribution in [2.24, 2.45) is 0 Å². The summed E-state index contributed by atoms with van der Waals surface area (Å²) in [6.45, 7) is 4.19. The molecule has 2 rings (SSSR count). The zero-order chi connectivity index (χ0) is 22.1. The minimum atomic E-state index is -3.76. The second-order valence-corrected chi connectivity index (χ2v) is 9.21. The summed E-state index contributed by atoms with van der Waals surface area (Å²) in [7, 11) is 0.187. The maximum atomic E-state index is 12.6. The number of carbonyl (C=O) groups excluding carboxylic acids is 1. The monoisotopic (exact) mass is 449 g/mol. The van der Waals surface area contributed by atoms with Crippen LogP contribution in [-0.4, -0.2) is 57.9 Å². The van der Waals surface area contributed by atoms with E-state index in [0.29, 0.717) is 23.8 Å². The van der Waals surface area contributed by atoms with E-state index < -0.39 is 10.0 Å². The molecule has 0 aliphatic rings. The fourth-order valence-electron chi connectivity index (χ4n) is 2.70. The lowest BCUT2D eigenvalue weighted by Gasteiger charge is -2.22. The molecular weight excluding hydrogens is 422 g/mol. The molecule has 1 amide bonds. The van der Waals surface area contributed by atoms with E-state index in [2.05, 4.69) is 4.72 Å². The number of sulfonamides is 1. The number of nitrogens with one attached hydrogen (secondary N) is 1. The molecule has 8 heteroatoms. The van der Waals surface area contributed by atoms with E-state index in [-0.39, 0.29) is 10.8 Å². The largest absolute Gasteiger partial charge is 0.338 e. The fraction of sp³-hybridized carbons (Fsp3) is 0.318. The van der Waals surface area contributed by atoms with Crippen molar-refractivity contribution in [3.05, 3.63) is 65.2 Å². The van der Waals surface area contributed by atoms with Gasteiger partial charge in [0.25, 0.3) is 10.0 Å². The van der Waals surface area contributed by atoms with E-state index in [9.17, 15) is 13.2 Å². The van der Waals surface area contributed by atoms with Gasteiger partial charge >= 0.3 is 0 Å². The number of carbonyl (C=O) groups is 1. The van der Waals surface area contributed by atoms with Gasteiger partial charge in [-0.05, 0) is 56.4 Å². The van der Waals surface area contributed by atoms with Crippen LogP contribution in [0.4, 0.5) is 5.69 Å². The number of likely N-dealkylation sites (N-methyl/N-ethyl adjacent to an activating group) is 1. The van der Waals surface area contributed by atoms with Crippen LogP contribution in [0.1, 0.15) is 18.9 Å². The highest BCUT2D eigenvalue weighted by Gasteiger charge is 2.15. The molecule has 162 valence electrons. The van der Waals surface area contributed by atoms with Gasteiger partial charge in [0.1, 0.15) is 0 Å². The van der Waals surface area contributed by atoms with Crippen molar-refractivity contribution in [1.29, 1.82) is 0 Å². The maximum absolute atomic E-state index is 12.6. The molecule has 0 spiro atoms. The summed E-state index contributed by atoms with van der Waals surface area (Å²) in [5.74, 6) is -0.0595. The van der Waals surface area contributed by atoms with E-state index in [1.165, 1.54) is 18.2 Å². The van der Waals surface area contributed by atoms with Crippen LogP contribution in [0.3, 0.4) is 0 Å². The second kappa shape index (κ2) is 11.2. The fourth-order valence-corrected chi connectivity index (χ4v) is 4.02. The normalized spacial score (nSPS) is 11.8. The maximum Gasteiger partial charge on any atom is 0.261 e.